The molecule has 0 aliphatic carbocycles. The van der Waals surface area contributed by atoms with E-state index in [1.165, 1.54) is 0 Å². The largest absolute Gasteiger partial charge is 0.198 e. The highest BCUT2D eigenvalue weighted by atomic mass is 14.2. The van der Waals surface area contributed by atoms with Crippen molar-refractivity contribution in [2.24, 2.45) is 0 Å². The van der Waals surface area contributed by atoms with Gasteiger partial charge >= 0.3 is 0 Å². The van der Waals surface area contributed by atoms with Crippen molar-refractivity contribution in [3.8, 4) is 6.07 Å². The first-order valence-corrected chi connectivity index (χ1v) is 2.13. The molecule has 33 valence electrons. The van der Waals surface area contributed by atoms with Crippen LogP contribution >= 0.6 is 0 Å². The first-order valence-electron chi connectivity index (χ1n) is 2.13. The molecule has 1 heteroatoms. The molecule has 0 aliphatic heterocycles. The lowest BCUT2D eigenvalue weighted by molar-refractivity contribution is 0.926. The van der Waals surface area contributed by atoms with Crippen LogP contribution in [0.5, 0.6) is 0 Å². The lowest BCUT2D eigenvalue weighted by Gasteiger charge is -1.76. The molecule has 0 rings (SSSR count). The maximum atomic E-state index is 7.89. The quantitative estimate of drug-likeness (QED) is 0.463. The summed E-state index contributed by atoms with van der Waals surface area (Å²) in [7, 11) is 0. The van der Waals surface area contributed by atoms with Crippen molar-refractivity contribution < 1.29 is 0 Å². The standard InChI is InChI=1S/C5H8N/c1-2-3-4-5-6/h4H,2-3H2,1H3. The van der Waals surface area contributed by atoms with Crippen LogP contribution in [0, 0.1) is 17.8 Å². The predicted octanol–water partition coefficient (Wildman–Crippen LogP) is 1.51. The highest BCUT2D eigenvalue weighted by molar-refractivity contribution is 4.89. The Morgan fingerprint density at radius 3 is 2.67 bits per heavy atom. The lowest BCUT2D eigenvalue weighted by atomic mass is 10.3. The molecule has 1 radical (unpaired) electrons. The Balaban J connectivity index is 2.54. The normalized spacial score (nSPS) is 7.33. The van der Waals surface area contributed by atoms with Gasteiger partial charge < -0.3 is 0 Å². The first kappa shape index (κ1) is 5.49. The summed E-state index contributed by atoms with van der Waals surface area (Å²) in [5, 5.41) is 7.89. The number of rotatable bonds is 2. The average molecular weight is 82.1 g/mol. The minimum absolute atomic E-state index is 0.927. The molecule has 0 aromatic carbocycles. The SMILES string of the molecule is CCC[CH]C#N. The third-order valence-corrected chi connectivity index (χ3v) is 0.524. The molecular weight excluding hydrogens is 74.1 g/mol. The Labute approximate surface area is 38.6 Å². The van der Waals surface area contributed by atoms with Crippen LogP contribution in [-0.2, 0) is 0 Å². The minimum Gasteiger partial charge on any atom is -0.198 e. The zero-order chi connectivity index (χ0) is 4.83. The number of unbranched alkanes of at least 4 members (excludes halogenated alkanes) is 2. The summed E-state index contributed by atoms with van der Waals surface area (Å²) in [6.07, 6.45) is 3.62. The van der Waals surface area contributed by atoms with Crippen LogP contribution in [-0.4, -0.2) is 0 Å². The Morgan fingerprint density at radius 2 is 2.50 bits per heavy atom. The molecule has 0 aromatic rings. The van der Waals surface area contributed by atoms with Gasteiger partial charge in [-0.3, -0.25) is 0 Å². The van der Waals surface area contributed by atoms with Gasteiger partial charge in [0.05, 0.1) is 12.5 Å². The summed E-state index contributed by atoms with van der Waals surface area (Å²) >= 11 is 0. The van der Waals surface area contributed by atoms with Gasteiger partial charge in [-0.25, -0.2) is 0 Å². The molecule has 0 unspecified atom stereocenters. The summed E-state index contributed by atoms with van der Waals surface area (Å²) in [6, 6.07) is 1.94. The number of hydrogen-bond acceptors (Lipinski definition) is 1. The summed E-state index contributed by atoms with van der Waals surface area (Å²) in [5.41, 5.74) is 0. The molecule has 0 bridgehead atoms. The molecule has 1 nitrogen and oxygen atoms in total. The van der Waals surface area contributed by atoms with Crippen LogP contribution in [0.15, 0.2) is 0 Å². The van der Waals surface area contributed by atoms with Gasteiger partial charge in [0, 0.05) is 0 Å². The lowest BCUT2D eigenvalue weighted by Crippen LogP contribution is -1.64. The predicted molar refractivity (Wildman–Crippen MR) is 24.8 cm³/mol. The number of nitrogens with zero attached hydrogens (tertiary/aromatic N) is 1. The molecule has 0 N–H and O–H groups in total. The summed E-state index contributed by atoms with van der Waals surface area (Å²) in [4.78, 5) is 0. The van der Waals surface area contributed by atoms with Crippen molar-refractivity contribution >= 4 is 0 Å². The van der Waals surface area contributed by atoms with E-state index in [4.69, 9.17) is 5.26 Å². The highest BCUT2D eigenvalue weighted by Gasteiger charge is 1.75. The fourth-order valence-electron chi connectivity index (χ4n) is 0.209. The van der Waals surface area contributed by atoms with Crippen molar-refractivity contribution in [1.29, 1.82) is 5.26 Å². The minimum atomic E-state index is 0.927. The molecule has 6 heavy (non-hydrogen) atoms. The van der Waals surface area contributed by atoms with Crippen molar-refractivity contribution in [3.63, 3.8) is 0 Å². The molecule has 0 aromatic heterocycles. The maximum Gasteiger partial charge on any atom is 0.0669 e. The van der Waals surface area contributed by atoms with E-state index in [9.17, 15) is 0 Å². The monoisotopic (exact) mass is 82.1 g/mol. The molecule has 0 aliphatic rings. The fourth-order valence-corrected chi connectivity index (χ4v) is 0.209. The third kappa shape index (κ3) is 3.49. The Kier molecular flexibility index (Phi) is 4.11. The Morgan fingerprint density at radius 1 is 1.83 bits per heavy atom. The highest BCUT2D eigenvalue weighted by Crippen LogP contribution is 1.87. The fraction of sp³-hybridized carbons (Fsp3) is 0.600. The first-order chi connectivity index (χ1) is 2.91. The zero-order valence-corrected chi connectivity index (χ0v) is 3.94. The van der Waals surface area contributed by atoms with E-state index in [-0.39, 0.29) is 0 Å². The maximum absolute atomic E-state index is 7.89. The Hall–Kier alpha value is -0.510. The van der Waals surface area contributed by atoms with E-state index in [0.29, 0.717) is 0 Å². The molecular formula is C5H8N. The van der Waals surface area contributed by atoms with Crippen LogP contribution in [0.2, 0.25) is 0 Å². The van der Waals surface area contributed by atoms with Crippen LogP contribution in [0.25, 0.3) is 0 Å². The zero-order valence-electron chi connectivity index (χ0n) is 3.94. The van der Waals surface area contributed by atoms with E-state index in [1.807, 2.05) is 13.0 Å². The van der Waals surface area contributed by atoms with Crippen LogP contribution < -0.4 is 0 Å². The third-order valence-electron chi connectivity index (χ3n) is 0.524. The van der Waals surface area contributed by atoms with Crippen molar-refractivity contribution in [3.05, 3.63) is 6.42 Å². The van der Waals surface area contributed by atoms with Crippen LogP contribution in [0.3, 0.4) is 0 Å². The van der Waals surface area contributed by atoms with E-state index < -0.39 is 0 Å². The van der Waals surface area contributed by atoms with Crippen molar-refractivity contribution in [1.82, 2.24) is 0 Å². The second kappa shape index (κ2) is 4.49. The molecule has 0 amide bonds. The second-order valence-electron chi connectivity index (χ2n) is 1.12. The number of hydrogen-bond donors (Lipinski definition) is 0. The van der Waals surface area contributed by atoms with Gasteiger partial charge in [-0.05, 0) is 6.42 Å². The average Bonchev–Trinajstić information content (AvgIpc) is 1.61. The topological polar surface area (TPSA) is 23.8 Å². The smallest absolute Gasteiger partial charge is 0.0669 e. The molecule has 0 heterocycles. The van der Waals surface area contributed by atoms with Crippen molar-refractivity contribution in [2.45, 2.75) is 19.8 Å². The second-order valence-corrected chi connectivity index (χ2v) is 1.12. The van der Waals surface area contributed by atoms with Crippen LogP contribution in [0.4, 0.5) is 0 Å². The van der Waals surface area contributed by atoms with Gasteiger partial charge in [0.25, 0.3) is 0 Å². The van der Waals surface area contributed by atoms with Gasteiger partial charge in [0.1, 0.15) is 0 Å². The molecule has 0 spiro atoms. The van der Waals surface area contributed by atoms with E-state index in [0.717, 1.165) is 12.8 Å². The Bertz CT molecular complexity index is 51.4. The van der Waals surface area contributed by atoms with E-state index in [2.05, 4.69) is 0 Å². The van der Waals surface area contributed by atoms with Gasteiger partial charge in [0.2, 0.25) is 0 Å². The number of nitriles is 1. The van der Waals surface area contributed by atoms with Crippen LogP contribution in [0.1, 0.15) is 19.8 Å². The molecule has 0 saturated heterocycles. The molecule has 0 saturated carbocycles. The molecule has 0 fully saturated rings. The van der Waals surface area contributed by atoms with E-state index >= 15 is 0 Å². The molecule has 0 atom stereocenters. The summed E-state index contributed by atoms with van der Waals surface area (Å²) < 4.78 is 0. The van der Waals surface area contributed by atoms with Gasteiger partial charge in [-0.1, -0.05) is 13.3 Å². The summed E-state index contributed by atoms with van der Waals surface area (Å²) in [5.74, 6) is 0. The van der Waals surface area contributed by atoms with Gasteiger partial charge in [-0.15, -0.1) is 0 Å². The van der Waals surface area contributed by atoms with E-state index in [1.54, 1.807) is 6.42 Å². The van der Waals surface area contributed by atoms with Gasteiger partial charge in [0.15, 0.2) is 0 Å². The summed E-state index contributed by atoms with van der Waals surface area (Å²) in [6.45, 7) is 2.05. The van der Waals surface area contributed by atoms with Crippen molar-refractivity contribution in [2.75, 3.05) is 0 Å². The van der Waals surface area contributed by atoms with Gasteiger partial charge in [-0.2, -0.15) is 5.26 Å².